The molecule has 0 aromatic heterocycles. The Morgan fingerprint density at radius 2 is 1.62 bits per heavy atom. The van der Waals surface area contributed by atoms with E-state index in [2.05, 4.69) is 51.2 Å². The Morgan fingerprint density at radius 3 is 2.00 bits per heavy atom. The monoisotopic (exact) mass is 293 g/mol. The van der Waals surface area contributed by atoms with Crippen molar-refractivity contribution < 1.29 is 0 Å². The van der Waals surface area contributed by atoms with Crippen molar-refractivity contribution >= 4 is 22.6 Å². The molecule has 0 aliphatic heterocycles. The highest BCUT2D eigenvalue weighted by atomic mass is 127. The molecule has 0 saturated carbocycles. The van der Waals surface area contributed by atoms with Gasteiger partial charge in [0, 0.05) is 22.6 Å². The average Bonchev–Trinajstić information content (AvgIpc) is 2.17. The molecule has 0 spiro atoms. The minimum atomic E-state index is 0.947. The highest BCUT2D eigenvalue weighted by Crippen LogP contribution is 1.98. The largest absolute Gasteiger partial charge is 0.292 e. The summed E-state index contributed by atoms with van der Waals surface area (Å²) in [6, 6.07) is 0. The molecule has 0 saturated heterocycles. The summed E-state index contributed by atoms with van der Waals surface area (Å²) >= 11 is 2.11. The molecule has 0 aromatic carbocycles. The van der Waals surface area contributed by atoms with Gasteiger partial charge in [-0.2, -0.15) is 0 Å². The third-order valence-corrected chi connectivity index (χ3v) is 2.41. The molecular formula is C11H20IN. The Bertz CT molecular complexity index is 149. The topological polar surface area (TPSA) is 3.24 Å². The fourth-order valence-electron chi connectivity index (χ4n) is 1.18. The first-order valence-electron chi connectivity index (χ1n) is 5.16. The van der Waals surface area contributed by atoms with Crippen LogP contribution in [0.15, 0.2) is 0 Å². The van der Waals surface area contributed by atoms with Crippen LogP contribution in [-0.4, -0.2) is 24.5 Å². The van der Waals surface area contributed by atoms with E-state index >= 15 is 0 Å². The van der Waals surface area contributed by atoms with Crippen LogP contribution in [0.3, 0.4) is 0 Å². The Labute approximate surface area is 96.4 Å². The van der Waals surface area contributed by atoms with Crippen LogP contribution in [0.4, 0.5) is 0 Å². The number of unbranched alkanes of at least 4 members (excludes halogenated alkanes) is 2. The maximum absolute atomic E-state index is 3.13. The predicted octanol–water partition coefficient (Wildman–Crippen LogP) is 3.28. The first kappa shape index (κ1) is 13.2. The van der Waals surface area contributed by atoms with Crippen LogP contribution in [0.25, 0.3) is 0 Å². The van der Waals surface area contributed by atoms with Crippen molar-refractivity contribution in [2.45, 2.75) is 39.5 Å². The minimum Gasteiger partial charge on any atom is -0.292 e. The summed E-state index contributed by atoms with van der Waals surface area (Å²) in [5.74, 6) is 3.13. The summed E-state index contributed by atoms with van der Waals surface area (Å²) in [6.07, 6.45) is 5.15. The molecule has 2 heteroatoms. The molecule has 0 radical (unpaired) electrons. The smallest absolute Gasteiger partial charge is 0.0609 e. The molecule has 13 heavy (non-hydrogen) atoms. The highest BCUT2D eigenvalue weighted by molar-refractivity contribution is 14.1. The van der Waals surface area contributed by atoms with Gasteiger partial charge in [-0.05, 0) is 29.9 Å². The van der Waals surface area contributed by atoms with Crippen LogP contribution < -0.4 is 0 Å². The van der Waals surface area contributed by atoms with Gasteiger partial charge in [-0.25, -0.2) is 0 Å². The Hall–Kier alpha value is 0.250. The highest BCUT2D eigenvalue weighted by Gasteiger charge is 2.00. The molecule has 0 aliphatic rings. The van der Waals surface area contributed by atoms with Crippen molar-refractivity contribution in [3.8, 4) is 9.85 Å². The standard InChI is InChI=1S/C11H20IN/c1-3-5-9-13(10-6-4-2)11-7-8-12/h3-6,9-11H2,1-2H3. The van der Waals surface area contributed by atoms with Crippen molar-refractivity contribution in [3.05, 3.63) is 0 Å². The third-order valence-electron chi connectivity index (χ3n) is 2.03. The molecule has 0 N–H and O–H groups in total. The quantitative estimate of drug-likeness (QED) is 0.514. The molecule has 0 atom stereocenters. The van der Waals surface area contributed by atoms with Gasteiger partial charge >= 0.3 is 0 Å². The summed E-state index contributed by atoms with van der Waals surface area (Å²) < 4.78 is 2.93. The number of hydrogen-bond donors (Lipinski definition) is 0. The van der Waals surface area contributed by atoms with Crippen LogP contribution in [0.5, 0.6) is 0 Å². The van der Waals surface area contributed by atoms with Crippen LogP contribution >= 0.6 is 22.6 Å². The summed E-state index contributed by atoms with van der Waals surface area (Å²) in [4.78, 5) is 2.46. The number of hydrogen-bond acceptors (Lipinski definition) is 1. The lowest BCUT2D eigenvalue weighted by atomic mass is 10.2. The molecule has 1 nitrogen and oxygen atoms in total. The lowest BCUT2D eigenvalue weighted by Gasteiger charge is -2.18. The molecule has 0 rings (SSSR count). The van der Waals surface area contributed by atoms with Gasteiger partial charge in [0.25, 0.3) is 0 Å². The zero-order valence-corrected chi connectivity index (χ0v) is 10.9. The Balaban J connectivity index is 3.63. The SMILES string of the molecule is CCCCN(CC#CI)CCCC. The molecule has 0 heterocycles. The van der Waals surface area contributed by atoms with E-state index in [1.807, 2.05) is 0 Å². The second kappa shape index (κ2) is 10.3. The summed E-state index contributed by atoms with van der Waals surface area (Å²) in [7, 11) is 0. The fourth-order valence-corrected chi connectivity index (χ4v) is 1.35. The van der Waals surface area contributed by atoms with Crippen molar-refractivity contribution in [2.24, 2.45) is 0 Å². The van der Waals surface area contributed by atoms with E-state index in [0.717, 1.165) is 6.54 Å². The van der Waals surface area contributed by atoms with E-state index in [4.69, 9.17) is 0 Å². The van der Waals surface area contributed by atoms with Gasteiger partial charge in [0.05, 0.1) is 6.54 Å². The van der Waals surface area contributed by atoms with Crippen LogP contribution in [0, 0.1) is 9.85 Å². The first-order valence-corrected chi connectivity index (χ1v) is 6.23. The zero-order valence-electron chi connectivity index (χ0n) is 8.77. The second-order valence-electron chi connectivity index (χ2n) is 3.25. The molecule has 76 valence electrons. The molecule has 0 fully saturated rings. The second-order valence-corrected chi connectivity index (χ2v) is 3.79. The van der Waals surface area contributed by atoms with Crippen molar-refractivity contribution in [1.29, 1.82) is 0 Å². The van der Waals surface area contributed by atoms with Gasteiger partial charge in [0.1, 0.15) is 0 Å². The Kier molecular flexibility index (Phi) is 10.5. The Morgan fingerprint density at radius 1 is 1.08 bits per heavy atom. The minimum absolute atomic E-state index is 0.947. The number of nitrogens with zero attached hydrogens (tertiary/aromatic N) is 1. The molecule has 0 bridgehead atoms. The van der Waals surface area contributed by atoms with E-state index in [1.54, 1.807) is 0 Å². The maximum atomic E-state index is 3.13. The van der Waals surface area contributed by atoms with Crippen molar-refractivity contribution in [2.75, 3.05) is 19.6 Å². The lowest BCUT2D eigenvalue weighted by molar-refractivity contribution is 0.297. The summed E-state index contributed by atoms with van der Waals surface area (Å²) in [5.41, 5.74) is 0. The molecule has 0 aromatic rings. The summed E-state index contributed by atoms with van der Waals surface area (Å²) in [6.45, 7) is 7.84. The van der Waals surface area contributed by atoms with Gasteiger partial charge in [-0.1, -0.05) is 32.6 Å². The molecule has 0 amide bonds. The van der Waals surface area contributed by atoms with E-state index in [1.165, 1.54) is 38.8 Å². The average molecular weight is 293 g/mol. The van der Waals surface area contributed by atoms with Gasteiger partial charge < -0.3 is 0 Å². The van der Waals surface area contributed by atoms with E-state index in [-0.39, 0.29) is 0 Å². The van der Waals surface area contributed by atoms with E-state index in [0.29, 0.717) is 0 Å². The number of rotatable bonds is 7. The zero-order chi connectivity index (χ0) is 9.94. The van der Waals surface area contributed by atoms with Crippen molar-refractivity contribution in [1.82, 2.24) is 4.90 Å². The number of halogens is 1. The van der Waals surface area contributed by atoms with Gasteiger partial charge in [-0.15, -0.1) is 0 Å². The van der Waals surface area contributed by atoms with Crippen LogP contribution in [0.2, 0.25) is 0 Å². The molecule has 0 aliphatic carbocycles. The third kappa shape index (κ3) is 8.58. The van der Waals surface area contributed by atoms with Crippen LogP contribution in [0.1, 0.15) is 39.5 Å². The van der Waals surface area contributed by atoms with Crippen LogP contribution in [-0.2, 0) is 0 Å². The molecular weight excluding hydrogens is 273 g/mol. The predicted molar refractivity (Wildman–Crippen MR) is 68.1 cm³/mol. The van der Waals surface area contributed by atoms with Gasteiger partial charge in [0.15, 0.2) is 0 Å². The van der Waals surface area contributed by atoms with Gasteiger partial charge in [-0.3, -0.25) is 4.90 Å². The summed E-state index contributed by atoms with van der Waals surface area (Å²) in [5, 5.41) is 0. The maximum Gasteiger partial charge on any atom is 0.0609 e. The first-order chi connectivity index (χ1) is 6.35. The molecule has 0 unspecified atom stereocenters. The lowest BCUT2D eigenvalue weighted by Crippen LogP contribution is -2.26. The fraction of sp³-hybridized carbons (Fsp3) is 0.818. The van der Waals surface area contributed by atoms with E-state index < -0.39 is 0 Å². The van der Waals surface area contributed by atoms with E-state index in [9.17, 15) is 0 Å². The van der Waals surface area contributed by atoms with Gasteiger partial charge in [0.2, 0.25) is 0 Å². The van der Waals surface area contributed by atoms with Crippen molar-refractivity contribution in [3.63, 3.8) is 0 Å². The normalized spacial score (nSPS) is 9.85.